The van der Waals surface area contributed by atoms with E-state index in [1.54, 1.807) is 0 Å². The fourth-order valence-corrected chi connectivity index (χ4v) is 0.537. The van der Waals surface area contributed by atoms with Crippen LogP contribution in [0.4, 0.5) is 0 Å². The maximum absolute atomic E-state index is 4.06. The van der Waals surface area contributed by atoms with Crippen molar-refractivity contribution in [2.24, 2.45) is 7.05 Å². The largest absolute Gasteiger partial charge is 0.312 e. The highest BCUT2D eigenvalue weighted by molar-refractivity contribution is 7.79. The van der Waals surface area contributed by atoms with Crippen LogP contribution in [0, 0.1) is 0 Å². The van der Waals surface area contributed by atoms with E-state index in [1.165, 1.54) is 0 Å². The van der Waals surface area contributed by atoms with Gasteiger partial charge < -0.3 is 0 Å². The van der Waals surface area contributed by atoms with Crippen LogP contribution in [-0.4, -0.2) is 4.98 Å². The second-order valence-corrected chi connectivity index (χ2v) is 1.82. The molecule has 0 aromatic carbocycles. The van der Waals surface area contributed by atoms with Crippen LogP contribution in [0.25, 0.3) is 0 Å². The van der Waals surface area contributed by atoms with Crippen LogP contribution in [0.2, 0.25) is 0 Å². The Bertz CT molecular complexity index is 142. The van der Waals surface area contributed by atoms with Crippen LogP contribution in [0.3, 0.4) is 0 Å². The van der Waals surface area contributed by atoms with Crippen molar-refractivity contribution in [2.75, 3.05) is 0 Å². The quantitative estimate of drug-likeness (QED) is 0.354. The fraction of sp³-hybridized carbons (Fsp3) is 0.250. The van der Waals surface area contributed by atoms with Crippen molar-refractivity contribution in [3.63, 3.8) is 0 Å². The topological polar surface area (TPSA) is 19.7 Å². The third-order valence-corrected chi connectivity index (χ3v) is 1.29. The zero-order valence-corrected chi connectivity index (χ0v) is 4.94. The molecule has 3 heteroatoms. The average molecular weight is 115 g/mol. The molecule has 7 heavy (non-hydrogen) atoms. The number of nitrogens with one attached hydrogen (secondary N) is 1. The van der Waals surface area contributed by atoms with Crippen LogP contribution in [-0.2, 0) is 7.05 Å². The zero-order chi connectivity index (χ0) is 5.28. The number of hydrogen-bond acceptors (Lipinski definition) is 1. The maximum Gasteiger partial charge on any atom is 0.312 e. The Morgan fingerprint density at radius 3 is 2.71 bits per heavy atom. The van der Waals surface area contributed by atoms with Gasteiger partial charge in [0.1, 0.15) is 12.4 Å². The molecule has 0 saturated heterocycles. The zero-order valence-electron chi connectivity index (χ0n) is 4.05. The molecule has 0 fully saturated rings. The van der Waals surface area contributed by atoms with Crippen molar-refractivity contribution >= 4 is 12.6 Å². The number of aromatic amines is 1. The van der Waals surface area contributed by atoms with Crippen molar-refractivity contribution in [1.82, 2.24) is 4.98 Å². The van der Waals surface area contributed by atoms with Crippen LogP contribution < -0.4 is 4.57 Å². The number of rotatable bonds is 0. The first-order valence-corrected chi connectivity index (χ1v) is 2.47. The Morgan fingerprint density at radius 1 is 1.86 bits per heavy atom. The molecule has 0 aliphatic heterocycles. The van der Waals surface area contributed by atoms with E-state index in [9.17, 15) is 0 Å². The highest BCUT2D eigenvalue weighted by Crippen LogP contribution is 1.86. The van der Waals surface area contributed by atoms with E-state index in [0.29, 0.717) is 0 Å². The summed E-state index contributed by atoms with van der Waals surface area (Å²) in [6.45, 7) is 0. The number of aromatic nitrogens is 2. The summed E-state index contributed by atoms with van der Waals surface area (Å²) in [5, 5.41) is 0.875. The van der Waals surface area contributed by atoms with E-state index in [2.05, 4.69) is 17.6 Å². The second kappa shape index (κ2) is 1.58. The van der Waals surface area contributed by atoms with Crippen molar-refractivity contribution in [3.8, 4) is 0 Å². The molecule has 1 aromatic heterocycles. The van der Waals surface area contributed by atoms with Crippen LogP contribution in [0.15, 0.2) is 17.6 Å². The number of H-pyrrole nitrogens is 1. The first-order valence-electron chi connectivity index (χ1n) is 2.02. The number of thiol groups is 1. The molecule has 0 unspecified atom stereocenters. The summed E-state index contributed by atoms with van der Waals surface area (Å²) in [5.74, 6) is 0. The van der Waals surface area contributed by atoms with Gasteiger partial charge in [-0.25, -0.2) is 9.55 Å². The molecular weight excluding hydrogens is 108 g/mol. The molecule has 0 saturated carbocycles. The third kappa shape index (κ3) is 0.771. The second-order valence-electron chi connectivity index (χ2n) is 1.39. The molecule has 0 radical (unpaired) electrons. The molecule has 1 heterocycles. The lowest BCUT2D eigenvalue weighted by Gasteiger charge is -1.76. The molecule has 1 aromatic rings. The number of nitrogens with zero attached hydrogens (tertiary/aromatic N) is 1. The highest BCUT2D eigenvalue weighted by atomic mass is 32.1. The van der Waals surface area contributed by atoms with Crippen molar-refractivity contribution in [1.29, 1.82) is 0 Å². The van der Waals surface area contributed by atoms with E-state index < -0.39 is 0 Å². The Labute approximate surface area is 47.6 Å². The monoisotopic (exact) mass is 115 g/mol. The summed E-state index contributed by atoms with van der Waals surface area (Å²) >= 11 is 4.06. The summed E-state index contributed by atoms with van der Waals surface area (Å²) in [5.41, 5.74) is 0. The first-order chi connectivity index (χ1) is 3.30. The van der Waals surface area contributed by atoms with Gasteiger partial charge in [-0.3, -0.25) is 0 Å². The number of hydrogen-bond donors (Lipinski definition) is 2. The average Bonchev–Trinajstić information content (AvgIpc) is 1.91. The molecule has 38 valence electrons. The molecule has 0 aliphatic carbocycles. The van der Waals surface area contributed by atoms with Gasteiger partial charge >= 0.3 is 5.16 Å². The Morgan fingerprint density at radius 2 is 2.57 bits per heavy atom. The Kier molecular flexibility index (Phi) is 1.06. The molecule has 0 aliphatic rings. The maximum atomic E-state index is 4.06. The van der Waals surface area contributed by atoms with Crippen LogP contribution in [0.5, 0.6) is 0 Å². The lowest BCUT2D eigenvalue weighted by atomic mass is 10.9. The van der Waals surface area contributed by atoms with E-state index >= 15 is 0 Å². The fourth-order valence-electron chi connectivity index (χ4n) is 0.396. The van der Waals surface area contributed by atoms with Gasteiger partial charge in [-0.1, -0.05) is 12.6 Å². The summed E-state index contributed by atoms with van der Waals surface area (Å²) in [7, 11) is 1.93. The molecular formula is C4H7N2S+. The van der Waals surface area contributed by atoms with Gasteiger partial charge in [0.2, 0.25) is 0 Å². The van der Waals surface area contributed by atoms with Crippen molar-refractivity contribution in [2.45, 2.75) is 5.16 Å². The smallest absolute Gasteiger partial charge is 0.238 e. The Hall–Kier alpha value is -0.440. The minimum Gasteiger partial charge on any atom is -0.238 e. The van der Waals surface area contributed by atoms with Crippen LogP contribution >= 0.6 is 12.6 Å². The van der Waals surface area contributed by atoms with Gasteiger partial charge in [-0.2, -0.15) is 0 Å². The van der Waals surface area contributed by atoms with Crippen molar-refractivity contribution in [3.05, 3.63) is 12.4 Å². The highest BCUT2D eigenvalue weighted by Gasteiger charge is 1.94. The van der Waals surface area contributed by atoms with Gasteiger partial charge in [-0.15, -0.1) is 0 Å². The minimum absolute atomic E-state index is 0.875. The van der Waals surface area contributed by atoms with Gasteiger partial charge in [0.05, 0.1) is 7.05 Å². The number of aryl methyl sites for hydroxylation is 1. The molecule has 1 N–H and O–H groups in total. The van der Waals surface area contributed by atoms with E-state index in [4.69, 9.17) is 0 Å². The molecule has 2 nitrogen and oxygen atoms in total. The molecule has 0 spiro atoms. The summed E-state index contributed by atoms with van der Waals surface area (Å²) in [6.07, 6.45) is 3.74. The van der Waals surface area contributed by atoms with Gasteiger partial charge in [0.15, 0.2) is 0 Å². The van der Waals surface area contributed by atoms with E-state index in [1.807, 2.05) is 24.0 Å². The van der Waals surface area contributed by atoms with Gasteiger partial charge in [-0.05, 0) is 0 Å². The Balaban J connectivity index is 3.12. The molecule has 0 amide bonds. The minimum atomic E-state index is 0.875. The molecule has 0 bridgehead atoms. The van der Waals surface area contributed by atoms with E-state index in [-0.39, 0.29) is 0 Å². The molecule has 1 rings (SSSR count). The summed E-state index contributed by atoms with van der Waals surface area (Å²) < 4.78 is 1.89. The first kappa shape index (κ1) is 4.71. The van der Waals surface area contributed by atoms with Crippen molar-refractivity contribution < 1.29 is 4.57 Å². The predicted octanol–water partition coefficient (Wildman–Crippen LogP) is 0.128. The van der Waals surface area contributed by atoms with Gasteiger partial charge in [0.25, 0.3) is 0 Å². The lowest BCUT2D eigenvalue weighted by molar-refractivity contribution is -0.707. The van der Waals surface area contributed by atoms with Crippen LogP contribution in [0.1, 0.15) is 0 Å². The predicted molar refractivity (Wildman–Crippen MR) is 29.2 cm³/mol. The van der Waals surface area contributed by atoms with E-state index in [0.717, 1.165) is 5.16 Å². The van der Waals surface area contributed by atoms with Gasteiger partial charge in [0, 0.05) is 0 Å². The number of imidazole rings is 1. The normalized spacial score (nSPS) is 9.43. The lowest BCUT2D eigenvalue weighted by Crippen LogP contribution is -2.26. The summed E-state index contributed by atoms with van der Waals surface area (Å²) in [4.78, 5) is 2.90. The molecule has 0 atom stereocenters. The standard InChI is InChI=1S/C4H6N2S/c1-6-3-2-5-4(6)7/h2-3H,1H3,(H,5,7)/p+1. The SMILES string of the molecule is C[n+]1cc[nH]c1S. The third-order valence-electron chi connectivity index (χ3n) is 0.845. The summed E-state index contributed by atoms with van der Waals surface area (Å²) in [6, 6.07) is 0.